The van der Waals surface area contributed by atoms with Gasteiger partial charge in [0.2, 0.25) is 0 Å². The molecule has 2 nitrogen and oxygen atoms in total. The quantitative estimate of drug-likeness (QED) is 0.476. The van der Waals surface area contributed by atoms with Gasteiger partial charge in [-0.1, -0.05) is 36.1 Å². The summed E-state index contributed by atoms with van der Waals surface area (Å²) in [6.07, 6.45) is -1.54. The number of benzene rings is 1. The Hall–Kier alpha value is -1.42. The van der Waals surface area contributed by atoms with E-state index in [1.807, 2.05) is 11.8 Å². The number of hydrogen-bond acceptors (Lipinski definition) is 1. The number of halogens is 1. The standard InChI is InChI=1S/C11H14FNOSi/c1-4-15(2,3)10-7-5-6-9(8-10)13-11(12)14/h4-8H,1H2,2-3H3,(H,13,14). The Bertz CT molecular complexity index is 390. The van der Waals surface area contributed by atoms with Gasteiger partial charge in [0.15, 0.2) is 0 Å². The molecule has 1 aromatic carbocycles. The predicted octanol–water partition coefficient (Wildman–Crippen LogP) is 2.83. The lowest BCUT2D eigenvalue weighted by atomic mass is 10.3. The summed E-state index contributed by atoms with van der Waals surface area (Å²) in [4.78, 5) is 10.3. The number of carbonyl (C=O) groups is 1. The van der Waals surface area contributed by atoms with Gasteiger partial charge in [-0.15, -0.1) is 11.0 Å². The number of amides is 1. The monoisotopic (exact) mass is 223 g/mol. The maximum Gasteiger partial charge on any atom is 0.401 e. The van der Waals surface area contributed by atoms with Crippen molar-refractivity contribution in [3.05, 3.63) is 36.5 Å². The lowest BCUT2D eigenvalue weighted by Gasteiger charge is -2.18. The Morgan fingerprint density at radius 3 is 2.73 bits per heavy atom. The van der Waals surface area contributed by atoms with Gasteiger partial charge < -0.3 is 0 Å². The van der Waals surface area contributed by atoms with Crippen LogP contribution in [0.5, 0.6) is 0 Å². The second-order valence-corrected chi connectivity index (χ2v) is 8.33. The summed E-state index contributed by atoms with van der Waals surface area (Å²) in [6.45, 7) is 8.07. The molecule has 1 N–H and O–H groups in total. The molecule has 0 radical (unpaired) electrons. The summed E-state index contributed by atoms with van der Waals surface area (Å²) < 4.78 is 12.1. The van der Waals surface area contributed by atoms with E-state index in [0.717, 1.165) is 5.19 Å². The van der Waals surface area contributed by atoms with Crippen LogP contribution in [0.3, 0.4) is 0 Å². The molecule has 0 aliphatic rings. The summed E-state index contributed by atoms with van der Waals surface area (Å²) in [5.41, 5.74) is 2.44. The van der Waals surface area contributed by atoms with Gasteiger partial charge in [0, 0.05) is 5.69 Å². The third-order valence-corrected chi connectivity index (χ3v) is 5.18. The van der Waals surface area contributed by atoms with Gasteiger partial charge in [0.1, 0.15) is 8.07 Å². The summed E-state index contributed by atoms with van der Waals surface area (Å²) in [7, 11) is -1.65. The molecule has 1 rings (SSSR count). The summed E-state index contributed by atoms with van der Waals surface area (Å²) in [6, 6.07) is 7.24. The highest BCUT2D eigenvalue weighted by Gasteiger charge is 2.19. The van der Waals surface area contributed by atoms with Crippen LogP contribution in [0.2, 0.25) is 13.1 Å². The SMILES string of the molecule is C=C[Si](C)(C)c1cccc(NC(=O)F)c1. The predicted molar refractivity (Wildman–Crippen MR) is 63.9 cm³/mol. The molecule has 0 bridgehead atoms. The van der Waals surface area contributed by atoms with Crippen LogP contribution in [0.15, 0.2) is 36.5 Å². The zero-order valence-corrected chi connectivity index (χ0v) is 9.88. The second-order valence-electron chi connectivity index (χ2n) is 3.91. The van der Waals surface area contributed by atoms with Gasteiger partial charge in [-0.25, -0.2) is 4.79 Å². The van der Waals surface area contributed by atoms with E-state index < -0.39 is 14.2 Å². The molecule has 1 aromatic rings. The molecule has 0 aliphatic heterocycles. The largest absolute Gasteiger partial charge is 0.401 e. The first-order valence-electron chi connectivity index (χ1n) is 4.66. The van der Waals surface area contributed by atoms with Crippen LogP contribution in [-0.4, -0.2) is 14.2 Å². The molecule has 80 valence electrons. The maximum absolute atomic E-state index is 12.1. The lowest BCUT2D eigenvalue weighted by Crippen LogP contribution is -2.39. The molecule has 0 saturated carbocycles. The van der Waals surface area contributed by atoms with Gasteiger partial charge in [-0.05, 0) is 12.1 Å². The van der Waals surface area contributed by atoms with E-state index in [4.69, 9.17) is 0 Å². The molecule has 0 aliphatic carbocycles. The lowest BCUT2D eigenvalue weighted by molar-refractivity contribution is 0.235. The molecule has 0 spiro atoms. The van der Waals surface area contributed by atoms with E-state index >= 15 is 0 Å². The van der Waals surface area contributed by atoms with Crippen molar-refractivity contribution in [3.8, 4) is 0 Å². The van der Waals surface area contributed by atoms with Crippen LogP contribution < -0.4 is 10.5 Å². The number of anilines is 1. The second kappa shape index (κ2) is 4.40. The minimum atomic E-state index is -1.65. The summed E-state index contributed by atoms with van der Waals surface area (Å²) >= 11 is 0. The third-order valence-electron chi connectivity index (χ3n) is 2.36. The van der Waals surface area contributed by atoms with Gasteiger partial charge in [0.25, 0.3) is 0 Å². The molecule has 0 atom stereocenters. The summed E-state index contributed by atoms with van der Waals surface area (Å²) in [5.74, 6) is 0. The topological polar surface area (TPSA) is 29.1 Å². The Balaban J connectivity index is 3.02. The maximum atomic E-state index is 12.1. The highest BCUT2D eigenvalue weighted by molar-refractivity contribution is 6.93. The Kier molecular flexibility index (Phi) is 3.42. The Labute approximate surface area is 89.8 Å². The first-order chi connectivity index (χ1) is 6.95. The van der Waals surface area contributed by atoms with E-state index in [2.05, 4.69) is 25.0 Å². The van der Waals surface area contributed by atoms with Crippen molar-refractivity contribution in [2.75, 3.05) is 5.32 Å². The van der Waals surface area contributed by atoms with E-state index in [0.29, 0.717) is 5.69 Å². The fraction of sp³-hybridized carbons (Fsp3) is 0.182. The molecule has 0 saturated heterocycles. The van der Waals surface area contributed by atoms with Crippen LogP contribution in [0, 0.1) is 0 Å². The molecule has 15 heavy (non-hydrogen) atoms. The van der Waals surface area contributed by atoms with Crippen LogP contribution in [0.4, 0.5) is 14.9 Å². The van der Waals surface area contributed by atoms with Crippen molar-refractivity contribution in [1.82, 2.24) is 0 Å². The van der Waals surface area contributed by atoms with E-state index in [1.54, 1.807) is 18.2 Å². The molecule has 0 unspecified atom stereocenters. The van der Waals surface area contributed by atoms with Crippen LogP contribution in [0.1, 0.15) is 0 Å². The van der Waals surface area contributed by atoms with E-state index in [1.165, 1.54) is 0 Å². The van der Waals surface area contributed by atoms with Crippen molar-refractivity contribution in [1.29, 1.82) is 0 Å². The van der Waals surface area contributed by atoms with Crippen molar-refractivity contribution < 1.29 is 9.18 Å². The fourth-order valence-electron chi connectivity index (χ4n) is 1.23. The Morgan fingerprint density at radius 2 is 2.20 bits per heavy atom. The number of rotatable bonds is 3. The molecule has 0 aromatic heterocycles. The highest BCUT2D eigenvalue weighted by Crippen LogP contribution is 2.10. The van der Waals surface area contributed by atoms with E-state index in [-0.39, 0.29) is 0 Å². The fourth-order valence-corrected chi connectivity index (χ4v) is 2.52. The van der Waals surface area contributed by atoms with Gasteiger partial charge in [-0.3, -0.25) is 5.32 Å². The molecular formula is C11H14FNOSi. The molecule has 1 amide bonds. The van der Waals surface area contributed by atoms with Crippen molar-refractivity contribution in [2.45, 2.75) is 13.1 Å². The number of carbonyl (C=O) groups excluding carboxylic acids is 1. The molecular weight excluding hydrogens is 209 g/mol. The first kappa shape index (κ1) is 11.7. The molecule has 0 heterocycles. The first-order valence-corrected chi connectivity index (χ1v) is 7.74. The third kappa shape index (κ3) is 3.02. The van der Waals surface area contributed by atoms with Crippen molar-refractivity contribution in [2.24, 2.45) is 0 Å². The minimum absolute atomic E-state index is 0.488. The Morgan fingerprint density at radius 1 is 1.53 bits per heavy atom. The highest BCUT2D eigenvalue weighted by atomic mass is 28.3. The zero-order chi connectivity index (χ0) is 11.5. The minimum Gasteiger partial charge on any atom is -0.298 e. The molecule has 0 fully saturated rings. The zero-order valence-electron chi connectivity index (χ0n) is 8.88. The van der Waals surface area contributed by atoms with Crippen molar-refractivity contribution >= 4 is 25.1 Å². The molecule has 4 heteroatoms. The van der Waals surface area contributed by atoms with Gasteiger partial charge in [-0.2, -0.15) is 0 Å². The van der Waals surface area contributed by atoms with Gasteiger partial charge in [0.05, 0.1) is 0 Å². The van der Waals surface area contributed by atoms with Crippen LogP contribution in [-0.2, 0) is 0 Å². The van der Waals surface area contributed by atoms with Crippen molar-refractivity contribution in [3.63, 3.8) is 0 Å². The smallest absolute Gasteiger partial charge is 0.298 e. The number of hydrogen-bond donors (Lipinski definition) is 1. The average molecular weight is 223 g/mol. The normalized spacial score (nSPS) is 10.9. The number of nitrogens with one attached hydrogen (secondary N) is 1. The van der Waals surface area contributed by atoms with E-state index in [9.17, 15) is 9.18 Å². The average Bonchev–Trinajstić information content (AvgIpc) is 2.17. The summed E-state index contributed by atoms with van der Waals surface area (Å²) in [5, 5.41) is 3.24. The van der Waals surface area contributed by atoms with Gasteiger partial charge >= 0.3 is 6.16 Å². The van der Waals surface area contributed by atoms with Crippen LogP contribution >= 0.6 is 0 Å². The van der Waals surface area contributed by atoms with Crippen LogP contribution in [0.25, 0.3) is 0 Å².